The molecule has 1 rings (SSSR count). The first-order valence-corrected chi connectivity index (χ1v) is 4.18. The maximum Gasteiger partial charge on any atom is 0.0196 e. The summed E-state index contributed by atoms with van der Waals surface area (Å²) in [6.07, 6.45) is 2.72. The summed E-state index contributed by atoms with van der Waals surface area (Å²) in [5.41, 5.74) is 5.91. The molecular formula is C8H18N2. The molecule has 0 aromatic carbocycles. The Balaban J connectivity index is 2.10. The normalized spacial score (nSPS) is 21.6. The molecule has 60 valence electrons. The summed E-state index contributed by atoms with van der Waals surface area (Å²) in [5, 5.41) is 0. The Hall–Kier alpha value is -0.0800. The van der Waals surface area contributed by atoms with Crippen molar-refractivity contribution in [1.82, 2.24) is 4.90 Å². The van der Waals surface area contributed by atoms with Gasteiger partial charge in [-0.15, -0.1) is 0 Å². The van der Waals surface area contributed by atoms with Gasteiger partial charge in [-0.25, -0.2) is 0 Å². The average molecular weight is 142 g/mol. The lowest BCUT2D eigenvalue weighted by atomic mass is 10.2. The van der Waals surface area contributed by atoms with Crippen LogP contribution >= 0.6 is 0 Å². The van der Waals surface area contributed by atoms with Crippen molar-refractivity contribution < 1.29 is 0 Å². The number of rotatable bonds is 4. The van der Waals surface area contributed by atoms with Gasteiger partial charge in [0.2, 0.25) is 0 Å². The highest BCUT2D eigenvalue weighted by molar-refractivity contribution is 4.85. The average Bonchev–Trinajstić information content (AvgIpc) is 2.68. The first kappa shape index (κ1) is 8.02. The molecule has 10 heavy (non-hydrogen) atoms. The highest BCUT2D eigenvalue weighted by Gasteiger charge is 2.28. The lowest BCUT2D eigenvalue weighted by Crippen LogP contribution is -2.36. The van der Waals surface area contributed by atoms with E-state index in [9.17, 15) is 0 Å². The molecule has 1 fully saturated rings. The summed E-state index contributed by atoms with van der Waals surface area (Å²) >= 11 is 0. The number of nitrogens with two attached hydrogens (primary N) is 1. The molecule has 0 aromatic heterocycles. The second-order valence-electron chi connectivity index (χ2n) is 3.36. The molecule has 2 nitrogen and oxygen atoms in total. The van der Waals surface area contributed by atoms with Crippen molar-refractivity contribution in [2.45, 2.75) is 25.8 Å². The van der Waals surface area contributed by atoms with Crippen LogP contribution in [0.3, 0.4) is 0 Å². The smallest absolute Gasteiger partial charge is 0.0196 e. The van der Waals surface area contributed by atoms with Crippen LogP contribution in [0.1, 0.15) is 19.8 Å². The van der Waals surface area contributed by atoms with Gasteiger partial charge in [-0.3, -0.25) is 0 Å². The van der Waals surface area contributed by atoms with Gasteiger partial charge in [0.25, 0.3) is 0 Å². The molecule has 0 heterocycles. The van der Waals surface area contributed by atoms with Gasteiger partial charge < -0.3 is 10.6 Å². The molecule has 2 N–H and O–H groups in total. The number of likely N-dealkylation sites (N-methyl/N-ethyl adjacent to an activating group) is 1. The minimum atomic E-state index is 0.435. The largest absolute Gasteiger partial charge is 0.326 e. The summed E-state index contributed by atoms with van der Waals surface area (Å²) < 4.78 is 0. The van der Waals surface area contributed by atoms with Crippen LogP contribution < -0.4 is 5.73 Å². The van der Waals surface area contributed by atoms with Gasteiger partial charge in [-0.2, -0.15) is 0 Å². The van der Waals surface area contributed by atoms with Crippen LogP contribution in [0.4, 0.5) is 0 Å². The molecule has 0 aromatic rings. The Morgan fingerprint density at radius 3 is 2.60 bits per heavy atom. The second-order valence-corrected chi connectivity index (χ2v) is 3.36. The van der Waals surface area contributed by atoms with E-state index < -0.39 is 0 Å². The Morgan fingerprint density at radius 2 is 2.20 bits per heavy atom. The van der Waals surface area contributed by atoms with Crippen LogP contribution in [0.15, 0.2) is 0 Å². The molecule has 2 heteroatoms. The third kappa shape index (κ3) is 2.27. The molecule has 0 saturated heterocycles. The molecule has 1 aliphatic rings. The summed E-state index contributed by atoms with van der Waals surface area (Å²) in [6.45, 7) is 4.35. The van der Waals surface area contributed by atoms with Crippen LogP contribution in [0.5, 0.6) is 0 Å². The number of nitrogens with zero attached hydrogens (tertiary/aromatic N) is 1. The fourth-order valence-electron chi connectivity index (χ4n) is 1.16. The zero-order chi connectivity index (χ0) is 7.56. The topological polar surface area (TPSA) is 29.3 Å². The van der Waals surface area contributed by atoms with Gasteiger partial charge in [0.15, 0.2) is 0 Å². The molecule has 0 radical (unpaired) electrons. The Morgan fingerprint density at radius 1 is 1.60 bits per heavy atom. The fraction of sp³-hybridized carbons (Fsp3) is 1.00. The van der Waals surface area contributed by atoms with Crippen molar-refractivity contribution in [3.63, 3.8) is 0 Å². The Kier molecular flexibility index (Phi) is 2.69. The van der Waals surface area contributed by atoms with Gasteiger partial charge >= 0.3 is 0 Å². The van der Waals surface area contributed by atoms with Crippen molar-refractivity contribution in [1.29, 1.82) is 0 Å². The van der Waals surface area contributed by atoms with Gasteiger partial charge in [0.05, 0.1) is 0 Å². The SMILES string of the molecule is CCN(C)CC(N)C1CC1. The highest BCUT2D eigenvalue weighted by atomic mass is 15.1. The van der Waals surface area contributed by atoms with E-state index in [1.807, 2.05) is 0 Å². The van der Waals surface area contributed by atoms with Crippen molar-refractivity contribution in [2.75, 3.05) is 20.1 Å². The van der Waals surface area contributed by atoms with Crippen molar-refractivity contribution >= 4 is 0 Å². The van der Waals surface area contributed by atoms with Gasteiger partial charge in [-0.05, 0) is 32.4 Å². The zero-order valence-corrected chi connectivity index (χ0v) is 7.01. The summed E-state index contributed by atoms with van der Waals surface area (Å²) in [7, 11) is 2.13. The third-order valence-electron chi connectivity index (χ3n) is 2.29. The van der Waals surface area contributed by atoms with E-state index >= 15 is 0 Å². The first-order valence-electron chi connectivity index (χ1n) is 4.18. The summed E-state index contributed by atoms with van der Waals surface area (Å²) in [4.78, 5) is 2.28. The van der Waals surface area contributed by atoms with Crippen molar-refractivity contribution in [2.24, 2.45) is 11.7 Å². The molecule has 0 bridgehead atoms. The Labute approximate surface area is 63.4 Å². The van der Waals surface area contributed by atoms with Crippen LogP contribution in [0, 0.1) is 5.92 Å². The maximum absolute atomic E-state index is 5.91. The van der Waals surface area contributed by atoms with Crippen LogP contribution in [-0.2, 0) is 0 Å². The van der Waals surface area contributed by atoms with Crippen LogP contribution in [0.2, 0.25) is 0 Å². The third-order valence-corrected chi connectivity index (χ3v) is 2.29. The second kappa shape index (κ2) is 3.35. The molecule has 1 atom stereocenters. The summed E-state index contributed by atoms with van der Waals surface area (Å²) in [6, 6.07) is 0.435. The van der Waals surface area contributed by atoms with Crippen molar-refractivity contribution in [3.8, 4) is 0 Å². The molecule has 1 unspecified atom stereocenters. The monoisotopic (exact) mass is 142 g/mol. The molecule has 0 spiro atoms. The molecular weight excluding hydrogens is 124 g/mol. The minimum absolute atomic E-state index is 0.435. The summed E-state index contributed by atoms with van der Waals surface area (Å²) in [5.74, 6) is 0.842. The van der Waals surface area contributed by atoms with E-state index in [0.29, 0.717) is 6.04 Å². The lowest BCUT2D eigenvalue weighted by Gasteiger charge is -2.18. The quantitative estimate of drug-likeness (QED) is 0.625. The van der Waals surface area contributed by atoms with Gasteiger partial charge in [-0.1, -0.05) is 6.92 Å². The van der Waals surface area contributed by atoms with E-state index in [1.54, 1.807) is 0 Å². The molecule has 0 amide bonds. The van der Waals surface area contributed by atoms with Crippen LogP contribution in [-0.4, -0.2) is 31.1 Å². The first-order chi connectivity index (χ1) is 4.74. The fourth-order valence-corrected chi connectivity index (χ4v) is 1.16. The van der Waals surface area contributed by atoms with Crippen molar-refractivity contribution in [3.05, 3.63) is 0 Å². The van der Waals surface area contributed by atoms with E-state index in [0.717, 1.165) is 19.0 Å². The Bertz CT molecular complexity index is 99.4. The standard InChI is InChI=1S/C8H18N2/c1-3-10(2)6-8(9)7-4-5-7/h7-8H,3-6,9H2,1-2H3. The number of hydrogen-bond donors (Lipinski definition) is 1. The molecule has 1 aliphatic carbocycles. The van der Waals surface area contributed by atoms with E-state index in [-0.39, 0.29) is 0 Å². The van der Waals surface area contributed by atoms with E-state index in [4.69, 9.17) is 5.73 Å². The lowest BCUT2D eigenvalue weighted by molar-refractivity contribution is 0.313. The highest BCUT2D eigenvalue weighted by Crippen LogP contribution is 2.31. The maximum atomic E-state index is 5.91. The van der Waals surface area contributed by atoms with Crippen LogP contribution in [0.25, 0.3) is 0 Å². The molecule has 1 saturated carbocycles. The predicted molar refractivity (Wildman–Crippen MR) is 43.9 cm³/mol. The predicted octanol–water partition coefficient (Wildman–Crippen LogP) is 0.675. The minimum Gasteiger partial charge on any atom is -0.326 e. The van der Waals surface area contributed by atoms with E-state index in [2.05, 4.69) is 18.9 Å². The van der Waals surface area contributed by atoms with Gasteiger partial charge in [0.1, 0.15) is 0 Å². The zero-order valence-electron chi connectivity index (χ0n) is 7.01. The van der Waals surface area contributed by atoms with Gasteiger partial charge in [0, 0.05) is 12.6 Å². The molecule has 0 aliphatic heterocycles. The number of hydrogen-bond acceptors (Lipinski definition) is 2. The van der Waals surface area contributed by atoms with E-state index in [1.165, 1.54) is 12.8 Å².